The number of nitrogens with one attached hydrogen (secondary N) is 2. The summed E-state index contributed by atoms with van der Waals surface area (Å²) in [6, 6.07) is 3.51. The van der Waals surface area contributed by atoms with Crippen LogP contribution in [0.5, 0.6) is 0 Å². The van der Waals surface area contributed by atoms with Crippen LogP contribution in [0.3, 0.4) is 0 Å². The van der Waals surface area contributed by atoms with Crippen molar-refractivity contribution in [2.75, 3.05) is 6.54 Å². The summed E-state index contributed by atoms with van der Waals surface area (Å²) >= 11 is 0. The normalized spacial score (nSPS) is 13.4. The number of carboxylic acids is 1. The van der Waals surface area contributed by atoms with E-state index in [1.165, 1.54) is 6.92 Å². The van der Waals surface area contributed by atoms with Gasteiger partial charge in [0.2, 0.25) is 0 Å². The first-order valence-corrected chi connectivity index (χ1v) is 5.86. The van der Waals surface area contributed by atoms with Crippen LogP contribution in [-0.2, 0) is 11.2 Å². The highest BCUT2D eigenvalue weighted by Crippen LogP contribution is 1.94. The summed E-state index contributed by atoms with van der Waals surface area (Å²) in [5, 5.41) is 22.7. The van der Waals surface area contributed by atoms with Gasteiger partial charge in [-0.05, 0) is 19.1 Å². The number of aliphatic carboxylic acids is 1. The Morgan fingerprint density at radius 2 is 2.16 bits per heavy atom. The Bertz CT molecular complexity index is 422. The molecule has 1 aromatic rings. The molecule has 0 spiro atoms. The standard InChI is InChI=1S/C12H17N3O4/c1-8(16)10(11(17)18)15-12(19)14-7-5-9-4-2-3-6-13-9/h2-4,6,8,10,16H,5,7H2,1H3,(H,17,18)(H2,14,15,19). The minimum atomic E-state index is -1.32. The molecule has 2 amide bonds. The maximum Gasteiger partial charge on any atom is 0.328 e. The van der Waals surface area contributed by atoms with Gasteiger partial charge in [-0.3, -0.25) is 4.98 Å². The van der Waals surface area contributed by atoms with Crippen LogP contribution in [0, 0.1) is 0 Å². The topological polar surface area (TPSA) is 112 Å². The van der Waals surface area contributed by atoms with Gasteiger partial charge in [0.05, 0.1) is 6.10 Å². The van der Waals surface area contributed by atoms with Crippen molar-refractivity contribution in [3.63, 3.8) is 0 Å². The Balaban J connectivity index is 2.33. The Kier molecular flexibility index (Phi) is 5.74. The monoisotopic (exact) mass is 267 g/mol. The van der Waals surface area contributed by atoms with Crippen molar-refractivity contribution in [1.29, 1.82) is 0 Å². The highest BCUT2D eigenvalue weighted by atomic mass is 16.4. The van der Waals surface area contributed by atoms with Crippen LogP contribution in [0.15, 0.2) is 24.4 Å². The molecule has 0 radical (unpaired) electrons. The minimum Gasteiger partial charge on any atom is -0.480 e. The number of aromatic nitrogens is 1. The molecule has 1 rings (SSSR count). The molecule has 0 bridgehead atoms. The summed E-state index contributed by atoms with van der Waals surface area (Å²) in [5.41, 5.74) is 0.827. The molecule has 0 fully saturated rings. The predicted molar refractivity (Wildman–Crippen MR) is 67.6 cm³/mol. The fraction of sp³-hybridized carbons (Fsp3) is 0.417. The molecule has 0 saturated carbocycles. The van der Waals surface area contributed by atoms with Crippen molar-refractivity contribution < 1.29 is 19.8 Å². The first-order valence-electron chi connectivity index (χ1n) is 5.86. The van der Waals surface area contributed by atoms with E-state index in [2.05, 4.69) is 15.6 Å². The molecule has 0 aliphatic carbocycles. The number of pyridine rings is 1. The van der Waals surface area contributed by atoms with E-state index in [0.717, 1.165) is 5.69 Å². The maximum absolute atomic E-state index is 11.4. The molecular weight excluding hydrogens is 250 g/mol. The highest BCUT2D eigenvalue weighted by Gasteiger charge is 2.24. The van der Waals surface area contributed by atoms with Gasteiger partial charge in [-0.25, -0.2) is 9.59 Å². The minimum absolute atomic E-state index is 0.328. The molecule has 0 aliphatic rings. The fourth-order valence-electron chi connectivity index (χ4n) is 1.43. The van der Waals surface area contributed by atoms with Crippen LogP contribution in [0.25, 0.3) is 0 Å². The zero-order chi connectivity index (χ0) is 14.3. The molecule has 104 valence electrons. The number of carboxylic acid groups (broad SMARTS) is 1. The van der Waals surface area contributed by atoms with E-state index in [4.69, 9.17) is 5.11 Å². The summed E-state index contributed by atoms with van der Waals surface area (Å²) in [6.45, 7) is 1.63. The molecule has 2 atom stereocenters. The third kappa shape index (κ3) is 5.35. The number of carbonyl (C=O) groups excluding carboxylic acids is 1. The van der Waals surface area contributed by atoms with Gasteiger partial charge >= 0.3 is 12.0 Å². The number of rotatable bonds is 6. The number of carbonyl (C=O) groups is 2. The SMILES string of the molecule is CC(O)C(NC(=O)NCCc1ccccn1)C(=O)O. The van der Waals surface area contributed by atoms with E-state index in [1.807, 2.05) is 12.1 Å². The molecular formula is C12H17N3O4. The lowest BCUT2D eigenvalue weighted by atomic mass is 10.2. The first kappa shape index (κ1) is 14.9. The van der Waals surface area contributed by atoms with Crippen molar-refractivity contribution in [1.82, 2.24) is 15.6 Å². The Morgan fingerprint density at radius 1 is 1.42 bits per heavy atom. The van der Waals surface area contributed by atoms with Gasteiger partial charge in [0.25, 0.3) is 0 Å². The third-order valence-corrected chi connectivity index (χ3v) is 2.43. The number of amides is 2. The summed E-state index contributed by atoms with van der Waals surface area (Å²) in [7, 11) is 0. The van der Waals surface area contributed by atoms with Crippen LogP contribution in [0.4, 0.5) is 4.79 Å². The predicted octanol–water partition coefficient (Wildman–Crippen LogP) is -0.243. The van der Waals surface area contributed by atoms with Crippen LogP contribution in [0.1, 0.15) is 12.6 Å². The lowest BCUT2D eigenvalue weighted by Crippen LogP contribution is -2.51. The van der Waals surface area contributed by atoms with E-state index < -0.39 is 24.1 Å². The number of aliphatic hydroxyl groups excluding tert-OH is 1. The molecule has 2 unspecified atom stereocenters. The maximum atomic E-state index is 11.4. The quantitative estimate of drug-likeness (QED) is 0.568. The second-order valence-corrected chi connectivity index (χ2v) is 4.03. The van der Waals surface area contributed by atoms with Crippen molar-refractivity contribution in [2.45, 2.75) is 25.5 Å². The van der Waals surface area contributed by atoms with Crippen molar-refractivity contribution in [3.05, 3.63) is 30.1 Å². The average Bonchev–Trinajstić information content (AvgIpc) is 2.36. The van der Waals surface area contributed by atoms with Crippen molar-refractivity contribution in [3.8, 4) is 0 Å². The van der Waals surface area contributed by atoms with Gasteiger partial charge in [0, 0.05) is 24.9 Å². The van der Waals surface area contributed by atoms with Gasteiger partial charge in [-0.2, -0.15) is 0 Å². The average molecular weight is 267 g/mol. The van der Waals surface area contributed by atoms with Gasteiger partial charge in [-0.1, -0.05) is 6.07 Å². The molecule has 0 aromatic carbocycles. The van der Waals surface area contributed by atoms with Gasteiger partial charge in [0.1, 0.15) is 0 Å². The zero-order valence-corrected chi connectivity index (χ0v) is 10.5. The van der Waals surface area contributed by atoms with Crippen LogP contribution >= 0.6 is 0 Å². The summed E-state index contributed by atoms with van der Waals surface area (Å²) in [5.74, 6) is -1.28. The summed E-state index contributed by atoms with van der Waals surface area (Å²) in [4.78, 5) is 26.3. The lowest BCUT2D eigenvalue weighted by Gasteiger charge is -2.17. The zero-order valence-electron chi connectivity index (χ0n) is 10.5. The molecule has 19 heavy (non-hydrogen) atoms. The highest BCUT2D eigenvalue weighted by molar-refractivity contribution is 5.82. The largest absolute Gasteiger partial charge is 0.480 e. The second kappa shape index (κ2) is 7.32. The molecule has 1 heterocycles. The molecule has 7 heteroatoms. The third-order valence-electron chi connectivity index (χ3n) is 2.43. The molecule has 0 aliphatic heterocycles. The second-order valence-electron chi connectivity index (χ2n) is 4.03. The number of hydrogen-bond acceptors (Lipinski definition) is 4. The Labute approximate surface area is 110 Å². The van der Waals surface area contributed by atoms with E-state index in [0.29, 0.717) is 13.0 Å². The number of hydrogen-bond donors (Lipinski definition) is 4. The molecule has 4 N–H and O–H groups in total. The number of nitrogens with zero attached hydrogens (tertiary/aromatic N) is 1. The number of urea groups is 1. The summed E-state index contributed by atoms with van der Waals surface area (Å²) < 4.78 is 0. The Morgan fingerprint density at radius 3 is 2.68 bits per heavy atom. The van der Waals surface area contributed by atoms with Gasteiger partial charge < -0.3 is 20.8 Å². The summed E-state index contributed by atoms with van der Waals surface area (Å²) in [6.07, 6.45) is 1.03. The van der Waals surface area contributed by atoms with Crippen molar-refractivity contribution in [2.24, 2.45) is 0 Å². The molecule has 7 nitrogen and oxygen atoms in total. The first-order chi connectivity index (χ1) is 9.00. The van der Waals surface area contributed by atoms with Crippen LogP contribution in [-0.4, -0.2) is 45.9 Å². The van der Waals surface area contributed by atoms with Crippen LogP contribution in [0.2, 0.25) is 0 Å². The molecule has 0 saturated heterocycles. The molecule has 1 aromatic heterocycles. The van der Waals surface area contributed by atoms with Crippen LogP contribution < -0.4 is 10.6 Å². The fourth-order valence-corrected chi connectivity index (χ4v) is 1.43. The van der Waals surface area contributed by atoms with E-state index >= 15 is 0 Å². The van der Waals surface area contributed by atoms with Crippen molar-refractivity contribution >= 4 is 12.0 Å². The van der Waals surface area contributed by atoms with Gasteiger partial charge in [0.15, 0.2) is 6.04 Å². The lowest BCUT2D eigenvalue weighted by molar-refractivity contribution is -0.141. The van der Waals surface area contributed by atoms with E-state index in [1.54, 1.807) is 12.3 Å². The van der Waals surface area contributed by atoms with E-state index in [-0.39, 0.29) is 0 Å². The van der Waals surface area contributed by atoms with Gasteiger partial charge in [-0.15, -0.1) is 0 Å². The Hall–Kier alpha value is -2.15. The van der Waals surface area contributed by atoms with E-state index in [9.17, 15) is 14.7 Å². The number of aliphatic hydroxyl groups is 1. The smallest absolute Gasteiger partial charge is 0.328 e.